The molecule has 0 saturated carbocycles. The summed E-state index contributed by atoms with van der Waals surface area (Å²) in [5.41, 5.74) is 2.26. The SMILES string of the molecule is CCC(c1ccc(S(C)(=O)=O)cc1)N1C[C@@H](C(=O)O)n2nc3c(c2C1=O)CN(C(=O)c1ccc(Cl)c(Cl)c1)[C@H](C)C3. The van der Waals surface area contributed by atoms with E-state index in [4.69, 9.17) is 23.2 Å². The van der Waals surface area contributed by atoms with Crippen LogP contribution in [0.3, 0.4) is 0 Å². The molecule has 1 unspecified atom stereocenters. The third-order valence-corrected chi connectivity index (χ3v) is 9.61. The lowest BCUT2D eigenvalue weighted by Crippen LogP contribution is -2.48. The van der Waals surface area contributed by atoms with Crippen LogP contribution < -0.4 is 0 Å². The van der Waals surface area contributed by atoms with Crippen molar-refractivity contribution in [2.24, 2.45) is 0 Å². The molecule has 0 fully saturated rings. The first kappa shape index (κ1) is 29.1. The van der Waals surface area contributed by atoms with Gasteiger partial charge < -0.3 is 14.9 Å². The van der Waals surface area contributed by atoms with Crippen molar-refractivity contribution in [3.63, 3.8) is 0 Å². The maximum atomic E-state index is 14.1. The summed E-state index contributed by atoms with van der Waals surface area (Å²) in [6.45, 7) is 3.69. The number of carbonyl (C=O) groups excluding carboxylic acids is 2. The molecule has 0 aliphatic carbocycles. The van der Waals surface area contributed by atoms with Crippen LogP contribution in [0.15, 0.2) is 47.4 Å². The first-order valence-electron chi connectivity index (χ1n) is 13.0. The molecule has 13 heteroatoms. The van der Waals surface area contributed by atoms with Gasteiger partial charge in [0.1, 0.15) is 5.69 Å². The Morgan fingerprint density at radius 2 is 1.80 bits per heavy atom. The molecular weight excluding hydrogens is 591 g/mol. The highest BCUT2D eigenvalue weighted by Crippen LogP contribution is 2.37. The Morgan fingerprint density at radius 1 is 1.12 bits per heavy atom. The molecule has 0 saturated heterocycles. The second-order valence-corrected chi connectivity index (χ2v) is 13.2. The van der Waals surface area contributed by atoms with E-state index in [9.17, 15) is 27.9 Å². The van der Waals surface area contributed by atoms with E-state index in [0.29, 0.717) is 40.2 Å². The van der Waals surface area contributed by atoms with E-state index in [1.54, 1.807) is 29.2 Å². The van der Waals surface area contributed by atoms with Crippen LogP contribution in [-0.2, 0) is 27.6 Å². The van der Waals surface area contributed by atoms with Gasteiger partial charge in [0.15, 0.2) is 15.9 Å². The Labute approximate surface area is 247 Å². The number of hydrogen-bond donors (Lipinski definition) is 1. The fraction of sp³-hybridized carbons (Fsp3) is 0.357. The van der Waals surface area contributed by atoms with Gasteiger partial charge in [0.05, 0.1) is 39.8 Å². The van der Waals surface area contributed by atoms with Gasteiger partial charge in [-0.25, -0.2) is 17.9 Å². The van der Waals surface area contributed by atoms with Crippen LogP contribution in [0.2, 0.25) is 10.0 Å². The van der Waals surface area contributed by atoms with Crippen LogP contribution in [0, 0.1) is 0 Å². The highest BCUT2D eigenvalue weighted by Gasteiger charge is 2.44. The monoisotopic (exact) mass is 618 g/mol. The first-order chi connectivity index (χ1) is 19.3. The van der Waals surface area contributed by atoms with Crippen LogP contribution in [-0.4, -0.2) is 69.7 Å². The minimum absolute atomic E-state index is 0.0662. The van der Waals surface area contributed by atoms with E-state index in [1.165, 1.54) is 27.8 Å². The van der Waals surface area contributed by atoms with Crippen molar-refractivity contribution >= 4 is 50.8 Å². The van der Waals surface area contributed by atoms with E-state index in [1.807, 2.05) is 13.8 Å². The summed E-state index contributed by atoms with van der Waals surface area (Å²) in [7, 11) is -3.41. The van der Waals surface area contributed by atoms with Crippen molar-refractivity contribution < 1.29 is 27.9 Å². The zero-order chi connectivity index (χ0) is 29.8. The van der Waals surface area contributed by atoms with Gasteiger partial charge in [-0.05, 0) is 49.2 Å². The van der Waals surface area contributed by atoms with Gasteiger partial charge in [0, 0.05) is 29.8 Å². The largest absolute Gasteiger partial charge is 0.480 e. The maximum Gasteiger partial charge on any atom is 0.330 e. The number of sulfone groups is 1. The van der Waals surface area contributed by atoms with Crippen molar-refractivity contribution in [3.8, 4) is 0 Å². The molecule has 1 aromatic heterocycles. The summed E-state index contributed by atoms with van der Waals surface area (Å²) in [5.74, 6) is -1.83. The molecule has 41 heavy (non-hydrogen) atoms. The molecule has 2 aliphatic rings. The zero-order valence-electron chi connectivity index (χ0n) is 22.5. The van der Waals surface area contributed by atoms with Crippen molar-refractivity contribution in [2.45, 2.75) is 56.3 Å². The number of carboxylic acid groups (broad SMARTS) is 1. The summed E-state index contributed by atoms with van der Waals surface area (Å²) in [4.78, 5) is 43.3. The lowest BCUT2D eigenvalue weighted by Gasteiger charge is -2.38. The number of carbonyl (C=O) groups is 3. The average molecular weight is 620 g/mol. The van der Waals surface area contributed by atoms with Crippen LogP contribution >= 0.6 is 23.2 Å². The Bertz CT molecular complexity index is 1670. The minimum atomic E-state index is -3.41. The molecule has 2 aliphatic heterocycles. The highest BCUT2D eigenvalue weighted by molar-refractivity contribution is 7.90. The molecule has 0 radical (unpaired) electrons. The zero-order valence-corrected chi connectivity index (χ0v) is 24.9. The predicted octanol–water partition coefficient (Wildman–Crippen LogP) is 4.41. The van der Waals surface area contributed by atoms with Crippen molar-refractivity contribution in [3.05, 3.63) is 80.6 Å². The number of aromatic nitrogens is 2. The molecule has 0 bridgehead atoms. The van der Waals surface area contributed by atoms with Crippen molar-refractivity contribution in [2.75, 3.05) is 12.8 Å². The quantitative estimate of drug-likeness (QED) is 0.433. The average Bonchev–Trinajstić information content (AvgIpc) is 3.29. The van der Waals surface area contributed by atoms with Crippen molar-refractivity contribution in [1.29, 1.82) is 0 Å². The smallest absolute Gasteiger partial charge is 0.330 e. The van der Waals surface area contributed by atoms with E-state index in [2.05, 4.69) is 5.10 Å². The number of hydrogen-bond acceptors (Lipinski definition) is 6. The van der Waals surface area contributed by atoms with Crippen LogP contribution in [0.25, 0.3) is 0 Å². The summed E-state index contributed by atoms with van der Waals surface area (Å²) in [6.07, 6.45) is 1.92. The summed E-state index contributed by atoms with van der Waals surface area (Å²) >= 11 is 12.2. The Hall–Kier alpha value is -3.41. The molecule has 0 spiro atoms. The second-order valence-electron chi connectivity index (χ2n) is 10.4. The molecule has 216 valence electrons. The summed E-state index contributed by atoms with van der Waals surface area (Å²) in [5, 5.41) is 15.3. The molecule has 5 rings (SSSR count). The van der Waals surface area contributed by atoms with E-state index in [-0.39, 0.29) is 40.7 Å². The third kappa shape index (κ3) is 5.22. The van der Waals surface area contributed by atoms with Gasteiger partial charge >= 0.3 is 5.97 Å². The standard InChI is InChI=1S/C28H28Cl2N4O6S/c1-4-23(16-5-8-18(9-6-16)41(3,39)40)33-14-24(28(37)38)34-25(27(33)36)19-13-32(15(2)11-22(19)31-34)26(35)17-7-10-20(29)21(30)12-17/h5-10,12,15,23-24H,4,11,13-14H2,1-3H3,(H,37,38)/t15-,23?,24+/m1/s1. The van der Waals surface area contributed by atoms with Gasteiger partial charge in [0.2, 0.25) is 0 Å². The van der Waals surface area contributed by atoms with Crippen LogP contribution in [0.1, 0.15) is 70.0 Å². The molecular formula is C28H28Cl2N4O6S. The Morgan fingerprint density at radius 3 is 2.39 bits per heavy atom. The van der Waals surface area contributed by atoms with Gasteiger partial charge in [-0.1, -0.05) is 42.3 Å². The predicted molar refractivity (Wildman–Crippen MR) is 152 cm³/mol. The topological polar surface area (TPSA) is 130 Å². The van der Waals surface area contributed by atoms with Gasteiger partial charge in [-0.3, -0.25) is 9.59 Å². The van der Waals surface area contributed by atoms with Gasteiger partial charge in [-0.2, -0.15) is 5.10 Å². The molecule has 3 heterocycles. The first-order valence-corrected chi connectivity index (χ1v) is 15.7. The molecule has 1 N–H and O–H groups in total. The number of carboxylic acids is 1. The third-order valence-electron chi connectivity index (χ3n) is 7.74. The second kappa shape index (κ2) is 10.8. The number of nitrogens with zero attached hydrogens (tertiary/aromatic N) is 4. The fourth-order valence-corrected chi connectivity index (χ4v) is 6.52. The summed E-state index contributed by atoms with van der Waals surface area (Å²) < 4.78 is 25.2. The minimum Gasteiger partial charge on any atom is -0.480 e. The fourth-order valence-electron chi connectivity index (χ4n) is 5.59. The number of aliphatic carboxylic acids is 1. The van der Waals surface area contributed by atoms with Gasteiger partial charge in [-0.15, -0.1) is 0 Å². The number of benzene rings is 2. The number of amides is 2. The molecule has 2 aromatic carbocycles. The molecule has 2 amide bonds. The van der Waals surface area contributed by atoms with E-state index >= 15 is 0 Å². The number of halogens is 2. The van der Waals surface area contributed by atoms with Crippen molar-refractivity contribution in [1.82, 2.24) is 19.6 Å². The lowest BCUT2D eigenvalue weighted by molar-refractivity contribution is -0.142. The molecule has 3 atom stereocenters. The Balaban J connectivity index is 1.53. The highest BCUT2D eigenvalue weighted by atomic mass is 35.5. The normalized spacial score (nSPS) is 19.5. The maximum absolute atomic E-state index is 14.1. The summed E-state index contributed by atoms with van der Waals surface area (Å²) in [6, 6.07) is 8.98. The van der Waals surface area contributed by atoms with E-state index in [0.717, 1.165) is 6.26 Å². The number of fused-ring (bicyclic) bond motifs is 3. The molecule has 10 nitrogen and oxygen atoms in total. The Kier molecular flexibility index (Phi) is 7.65. The van der Waals surface area contributed by atoms with E-state index < -0.39 is 33.8 Å². The molecule has 3 aromatic rings. The van der Waals surface area contributed by atoms with Crippen LogP contribution in [0.4, 0.5) is 0 Å². The lowest BCUT2D eigenvalue weighted by atomic mass is 9.95. The van der Waals surface area contributed by atoms with Gasteiger partial charge in [0.25, 0.3) is 11.8 Å². The van der Waals surface area contributed by atoms with Crippen LogP contribution in [0.5, 0.6) is 0 Å². The number of rotatable bonds is 6.